The van der Waals surface area contributed by atoms with Crippen molar-refractivity contribution in [3.8, 4) is 23.0 Å². The molecule has 0 spiro atoms. The second-order valence-corrected chi connectivity index (χ2v) is 7.51. The largest absolute Gasteiger partial charge is 0.457 e. The summed E-state index contributed by atoms with van der Waals surface area (Å²) < 4.78 is 26.0. The van der Waals surface area contributed by atoms with Gasteiger partial charge in [0.1, 0.15) is 23.0 Å². The molecule has 3 aromatic carbocycles. The zero-order valence-corrected chi connectivity index (χ0v) is 20.5. The van der Waals surface area contributed by atoms with Crippen molar-refractivity contribution in [3.63, 3.8) is 0 Å². The van der Waals surface area contributed by atoms with Gasteiger partial charge in [0, 0.05) is 12.2 Å². The van der Waals surface area contributed by atoms with E-state index in [4.69, 9.17) is 23.7 Å². The molecule has 0 heterocycles. The van der Waals surface area contributed by atoms with Gasteiger partial charge in [-0.25, -0.2) is 19.2 Å². The molecule has 0 radical (unpaired) electrons. The van der Waals surface area contributed by atoms with Gasteiger partial charge in [0.15, 0.2) is 0 Å². The molecule has 0 aliphatic carbocycles. The van der Waals surface area contributed by atoms with Crippen molar-refractivity contribution >= 4 is 23.9 Å². The molecule has 0 saturated carbocycles. The number of hydrogen-bond acceptors (Lipinski definition) is 9. The maximum absolute atomic E-state index is 12.6. The van der Waals surface area contributed by atoms with Crippen molar-refractivity contribution < 1.29 is 42.9 Å². The molecule has 0 fully saturated rings. The molecule has 9 nitrogen and oxygen atoms in total. The summed E-state index contributed by atoms with van der Waals surface area (Å²) in [5, 5.41) is 0. The number of esters is 4. The molecule has 3 aromatic rings. The molecule has 0 bridgehead atoms. The Bertz CT molecular complexity index is 1340. The van der Waals surface area contributed by atoms with Gasteiger partial charge in [-0.1, -0.05) is 34.9 Å². The molecule has 0 N–H and O–H groups in total. The highest BCUT2D eigenvalue weighted by Crippen LogP contribution is 2.27. The minimum Gasteiger partial charge on any atom is -0.457 e. The highest BCUT2D eigenvalue weighted by molar-refractivity contribution is 5.92. The lowest BCUT2D eigenvalue weighted by Gasteiger charge is -2.12. The summed E-state index contributed by atoms with van der Waals surface area (Å²) >= 11 is 0. The lowest BCUT2D eigenvalue weighted by Crippen LogP contribution is -2.11. The number of rotatable bonds is 11. The molecular formula is C31H32O9. The topological polar surface area (TPSA) is 114 Å². The van der Waals surface area contributed by atoms with E-state index in [1.807, 2.05) is 6.92 Å². The summed E-state index contributed by atoms with van der Waals surface area (Å²) in [5.41, 5.74) is 1.18. The zero-order valence-electron chi connectivity index (χ0n) is 20.5. The monoisotopic (exact) mass is 548 g/mol. The van der Waals surface area contributed by atoms with Gasteiger partial charge >= 0.3 is 23.9 Å². The average molecular weight is 549 g/mol. The quantitative estimate of drug-likeness (QED) is 0.121. The van der Waals surface area contributed by atoms with Crippen LogP contribution in [0.15, 0.2) is 92.0 Å². The maximum atomic E-state index is 12.6. The smallest absolute Gasteiger partial charge is 0.343 e. The Balaban J connectivity index is 0.00000400. The van der Waals surface area contributed by atoms with Crippen molar-refractivity contribution in [2.45, 2.75) is 28.2 Å². The van der Waals surface area contributed by atoms with Crippen molar-refractivity contribution in [3.05, 3.63) is 109 Å². The summed E-state index contributed by atoms with van der Waals surface area (Å²) in [6.07, 6.45) is 2.57. The minimum absolute atomic E-state index is 0. The summed E-state index contributed by atoms with van der Waals surface area (Å²) in [5.74, 6) is -1.17. The van der Waals surface area contributed by atoms with E-state index in [2.05, 4.69) is 13.2 Å². The molecule has 3 rings (SSSR count). The summed E-state index contributed by atoms with van der Waals surface area (Å²) in [6.45, 7) is 8.19. The van der Waals surface area contributed by atoms with Crippen LogP contribution in [0, 0.1) is 0 Å². The van der Waals surface area contributed by atoms with Crippen molar-refractivity contribution in [2.24, 2.45) is 0 Å². The first-order valence-electron chi connectivity index (χ1n) is 11.4. The minimum atomic E-state index is -0.611. The standard InChI is InChI=1S/C29H24O9.2CH4/c1-4-19-17-24(37-28(32)20-7-11-22(12-8-20)34-18-35-26(30)5-2)15-16-25(19)38-29(33)21-9-13-23(14-10-21)36-27(31)6-3;;/h5-17H,2-4,18H2,1H3;2*1H4. The van der Waals surface area contributed by atoms with Gasteiger partial charge in [-0.2, -0.15) is 0 Å². The molecule has 210 valence electrons. The molecule has 0 unspecified atom stereocenters. The number of aryl methyl sites for hydroxylation is 1. The van der Waals surface area contributed by atoms with Gasteiger partial charge in [0.2, 0.25) is 6.79 Å². The van der Waals surface area contributed by atoms with Crippen LogP contribution in [0.5, 0.6) is 23.0 Å². The van der Waals surface area contributed by atoms with Crippen LogP contribution in [0.2, 0.25) is 0 Å². The van der Waals surface area contributed by atoms with Crippen LogP contribution in [0.25, 0.3) is 0 Å². The fourth-order valence-electron chi connectivity index (χ4n) is 3.04. The Morgan fingerprint density at radius 1 is 0.675 bits per heavy atom. The molecule has 0 aliphatic rings. The molecule has 0 amide bonds. The van der Waals surface area contributed by atoms with Gasteiger partial charge < -0.3 is 23.7 Å². The van der Waals surface area contributed by atoms with Crippen LogP contribution < -0.4 is 18.9 Å². The fraction of sp³-hybridized carbons (Fsp3) is 0.161. The summed E-state index contributed by atoms with van der Waals surface area (Å²) in [6, 6.07) is 16.6. The Morgan fingerprint density at radius 3 is 1.75 bits per heavy atom. The lowest BCUT2D eigenvalue weighted by molar-refractivity contribution is -0.144. The van der Waals surface area contributed by atoms with Gasteiger partial charge in [-0.3, -0.25) is 0 Å². The van der Waals surface area contributed by atoms with E-state index in [0.29, 0.717) is 23.5 Å². The molecule has 0 saturated heterocycles. The first-order chi connectivity index (χ1) is 18.3. The second-order valence-electron chi connectivity index (χ2n) is 7.51. The van der Waals surface area contributed by atoms with Gasteiger partial charge in [-0.05, 0) is 78.7 Å². The number of carbonyl (C=O) groups is 4. The molecule has 40 heavy (non-hydrogen) atoms. The molecule has 0 atom stereocenters. The predicted octanol–water partition coefficient (Wildman–Crippen LogP) is 6.12. The Kier molecular flexibility index (Phi) is 13.1. The molecular weight excluding hydrogens is 516 g/mol. The third-order valence-corrected chi connectivity index (χ3v) is 4.98. The number of benzene rings is 3. The van der Waals surface area contributed by atoms with E-state index < -0.39 is 23.9 Å². The summed E-state index contributed by atoms with van der Waals surface area (Å²) in [7, 11) is 0. The van der Waals surface area contributed by atoms with Crippen molar-refractivity contribution in [2.75, 3.05) is 6.79 Å². The van der Waals surface area contributed by atoms with Crippen LogP contribution in [0.4, 0.5) is 0 Å². The normalized spacial score (nSPS) is 9.53. The van der Waals surface area contributed by atoms with E-state index in [9.17, 15) is 19.2 Å². The van der Waals surface area contributed by atoms with Gasteiger partial charge in [-0.15, -0.1) is 0 Å². The van der Waals surface area contributed by atoms with Crippen LogP contribution in [-0.4, -0.2) is 30.7 Å². The fourth-order valence-corrected chi connectivity index (χ4v) is 3.04. The molecule has 0 aromatic heterocycles. The average Bonchev–Trinajstić information content (AvgIpc) is 2.94. The highest BCUT2D eigenvalue weighted by atomic mass is 16.7. The Morgan fingerprint density at radius 2 is 1.20 bits per heavy atom. The second kappa shape index (κ2) is 15.9. The van der Waals surface area contributed by atoms with E-state index in [1.54, 1.807) is 12.1 Å². The van der Waals surface area contributed by atoms with Crippen molar-refractivity contribution in [1.82, 2.24) is 0 Å². The number of hydrogen-bond donors (Lipinski definition) is 0. The van der Waals surface area contributed by atoms with Crippen molar-refractivity contribution in [1.29, 1.82) is 0 Å². The lowest BCUT2D eigenvalue weighted by atomic mass is 10.1. The van der Waals surface area contributed by atoms with E-state index >= 15 is 0 Å². The third kappa shape index (κ3) is 9.29. The zero-order chi connectivity index (χ0) is 27.5. The van der Waals surface area contributed by atoms with Crippen LogP contribution in [0.1, 0.15) is 48.1 Å². The van der Waals surface area contributed by atoms with E-state index in [-0.39, 0.29) is 44.3 Å². The molecule has 9 heteroatoms. The first-order valence-corrected chi connectivity index (χ1v) is 11.4. The SMILES string of the molecule is C.C.C=CC(=O)OCOc1ccc(C(=O)Oc2ccc(OC(=O)c3ccc(OC(=O)C=C)cc3)c(CC)c2)cc1. The van der Waals surface area contributed by atoms with E-state index in [0.717, 1.165) is 12.2 Å². The Labute approximate surface area is 233 Å². The maximum Gasteiger partial charge on any atom is 0.343 e. The van der Waals surface area contributed by atoms with Crippen LogP contribution >= 0.6 is 0 Å². The highest BCUT2D eigenvalue weighted by Gasteiger charge is 2.15. The van der Waals surface area contributed by atoms with Crippen LogP contribution in [0.3, 0.4) is 0 Å². The Hall–Kier alpha value is -5.18. The number of ether oxygens (including phenoxy) is 5. The van der Waals surface area contributed by atoms with E-state index in [1.165, 1.54) is 54.6 Å². The predicted molar refractivity (Wildman–Crippen MR) is 150 cm³/mol. The third-order valence-electron chi connectivity index (χ3n) is 4.98. The number of carbonyl (C=O) groups excluding carboxylic acids is 4. The van der Waals surface area contributed by atoms with Gasteiger partial charge in [0.25, 0.3) is 0 Å². The van der Waals surface area contributed by atoms with Gasteiger partial charge in [0.05, 0.1) is 11.1 Å². The first kappa shape index (κ1) is 32.8. The molecule has 0 aliphatic heterocycles. The summed E-state index contributed by atoms with van der Waals surface area (Å²) in [4.78, 5) is 47.5. The van der Waals surface area contributed by atoms with Crippen LogP contribution in [-0.2, 0) is 20.7 Å².